The number of methoxy groups -OCH3 is 1. The lowest BCUT2D eigenvalue weighted by atomic mass is 10.0. The molecule has 0 bridgehead atoms. The first kappa shape index (κ1) is 25.1. The third kappa shape index (κ3) is 4.99. The summed E-state index contributed by atoms with van der Waals surface area (Å²) in [6.45, 7) is 4.24. The van der Waals surface area contributed by atoms with Crippen LogP contribution in [0.2, 0.25) is 0 Å². The molecule has 3 aromatic rings. The van der Waals surface area contributed by atoms with Crippen molar-refractivity contribution in [1.82, 2.24) is 19.6 Å². The highest BCUT2D eigenvalue weighted by Crippen LogP contribution is 2.32. The van der Waals surface area contributed by atoms with E-state index < -0.39 is 35.8 Å². The fraction of sp³-hybridized carbons (Fsp3) is 0.360. The zero-order chi connectivity index (χ0) is 26.0. The Morgan fingerprint density at radius 2 is 2.06 bits per heavy atom. The Bertz CT molecular complexity index is 1340. The average Bonchev–Trinajstić information content (AvgIpc) is 3.19. The Hall–Kier alpha value is -4.04. The summed E-state index contributed by atoms with van der Waals surface area (Å²) < 4.78 is 43.0. The zero-order valence-electron chi connectivity index (χ0n) is 20.0. The third-order valence-corrected chi connectivity index (χ3v) is 5.96. The molecule has 0 spiro atoms. The summed E-state index contributed by atoms with van der Waals surface area (Å²) in [5, 5.41) is 11.2. The van der Waals surface area contributed by atoms with Crippen molar-refractivity contribution in [3.63, 3.8) is 0 Å². The van der Waals surface area contributed by atoms with E-state index in [-0.39, 0.29) is 29.8 Å². The molecule has 1 fully saturated rings. The highest BCUT2D eigenvalue weighted by molar-refractivity contribution is 5.95. The van der Waals surface area contributed by atoms with E-state index in [1.807, 2.05) is 19.1 Å². The second-order valence-corrected chi connectivity index (χ2v) is 8.59. The van der Waals surface area contributed by atoms with Crippen LogP contribution in [0.1, 0.15) is 28.5 Å². The van der Waals surface area contributed by atoms with Crippen LogP contribution in [0.5, 0.6) is 0 Å². The van der Waals surface area contributed by atoms with Gasteiger partial charge in [-0.05, 0) is 43.7 Å². The van der Waals surface area contributed by atoms with E-state index >= 15 is 8.78 Å². The summed E-state index contributed by atoms with van der Waals surface area (Å²) in [6, 6.07) is 6.50. The Kier molecular flexibility index (Phi) is 7.17. The lowest BCUT2D eigenvalue weighted by Gasteiger charge is -2.32. The number of nitrogens with one attached hydrogen (secondary N) is 1. The second-order valence-electron chi connectivity index (χ2n) is 8.59. The lowest BCUT2D eigenvalue weighted by Crippen LogP contribution is -2.46. The number of nitriles is 1. The van der Waals surface area contributed by atoms with E-state index in [2.05, 4.69) is 10.3 Å². The van der Waals surface area contributed by atoms with Crippen LogP contribution in [-0.2, 0) is 15.9 Å². The second kappa shape index (κ2) is 10.3. The fourth-order valence-electron chi connectivity index (χ4n) is 4.19. The molecule has 2 aromatic heterocycles. The van der Waals surface area contributed by atoms with Gasteiger partial charge in [0.05, 0.1) is 49.4 Å². The molecule has 2 atom stereocenters. The number of fused-ring (bicyclic) bond motifs is 1. The third-order valence-electron chi connectivity index (χ3n) is 5.96. The predicted octanol–water partition coefficient (Wildman–Crippen LogP) is 3.24. The van der Waals surface area contributed by atoms with Crippen molar-refractivity contribution in [2.24, 2.45) is 0 Å². The Balaban J connectivity index is 1.75. The van der Waals surface area contributed by atoms with Gasteiger partial charge in [0.25, 0.3) is 5.91 Å². The number of carbonyl (C=O) groups excluding carboxylic acids is 2. The van der Waals surface area contributed by atoms with Gasteiger partial charge in [-0.1, -0.05) is 0 Å². The number of aromatic nitrogens is 2. The molecule has 4 rings (SSSR count). The van der Waals surface area contributed by atoms with Gasteiger partial charge in [0, 0.05) is 24.7 Å². The zero-order valence-corrected chi connectivity index (χ0v) is 20.0. The Morgan fingerprint density at radius 1 is 1.33 bits per heavy atom. The van der Waals surface area contributed by atoms with Crippen molar-refractivity contribution in [2.75, 3.05) is 26.8 Å². The maximum atomic E-state index is 15.3. The number of rotatable bonds is 5. The number of benzene rings is 1. The number of hydrogen-bond donors (Lipinski definition) is 1. The molecule has 0 saturated carbocycles. The van der Waals surface area contributed by atoms with Gasteiger partial charge in [-0.3, -0.25) is 4.79 Å². The molecule has 0 aliphatic carbocycles. The van der Waals surface area contributed by atoms with E-state index in [1.54, 1.807) is 16.7 Å². The number of nitrogens with zero attached hydrogens (tertiary/aromatic N) is 4. The number of halogens is 2. The minimum Gasteiger partial charge on any atom is -0.453 e. The Labute approximate surface area is 206 Å². The molecule has 188 valence electrons. The molecular formula is C25H25F2N5O4. The van der Waals surface area contributed by atoms with E-state index in [0.29, 0.717) is 24.5 Å². The number of amides is 2. The van der Waals surface area contributed by atoms with Crippen LogP contribution in [0.4, 0.5) is 13.6 Å². The van der Waals surface area contributed by atoms with E-state index in [0.717, 1.165) is 17.7 Å². The molecule has 1 aliphatic heterocycles. The molecule has 1 unspecified atom stereocenters. The molecule has 1 saturated heterocycles. The van der Waals surface area contributed by atoms with Crippen LogP contribution in [0, 0.1) is 29.9 Å². The number of imidazole rings is 1. The van der Waals surface area contributed by atoms with Crippen LogP contribution in [0.25, 0.3) is 16.9 Å². The fourth-order valence-corrected chi connectivity index (χ4v) is 4.19. The molecule has 1 N–H and O–H groups in total. The molecular weight excluding hydrogens is 472 g/mol. The van der Waals surface area contributed by atoms with Crippen molar-refractivity contribution in [3.05, 3.63) is 58.9 Å². The van der Waals surface area contributed by atoms with E-state index in [4.69, 9.17) is 14.7 Å². The molecule has 0 radical (unpaired) electrons. The van der Waals surface area contributed by atoms with Crippen molar-refractivity contribution in [3.8, 4) is 17.3 Å². The van der Waals surface area contributed by atoms with Gasteiger partial charge in [-0.15, -0.1) is 0 Å². The Morgan fingerprint density at radius 3 is 2.72 bits per heavy atom. The van der Waals surface area contributed by atoms with E-state index in [9.17, 15) is 9.59 Å². The summed E-state index contributed by atoms with van der Waals surface area (Å²) in [6.07, 6.45) is 1.04. The van der Waals surface area contributed by atoms with Gasteiger partial charge in [0.2, 0.25) is 0 Å². The maximum absolute atomic E-state index is 15.3. The first-order valence-corrected chi connectivity index (χ1v) is 11.3. The minimum absolute atomic E-state index is 0.0757. The van der Waals surface area contributed by atoms with Gasteiger partial charge >= 0.3 is 6.09 Å². The van der Waals surface area contributed by atoms with Crippen molar-refractivity contribution in [2.45, 2.75) is 32.4 Å². The molecule has 1 aliphatic rings. The summed E-state index contributed by atoms with van der Waals surface area (Å²) in [5.41, 5.74) is 1.35. The number of carbonyl (C=O) groups is 2. The number of hydrogen-bond acceptors (Lipinski definition) is 6. The number of pyridine rings is 1. The average molecular weight is 498 g/mol. The highest BCUT2D eigenvalue weighted by Gasteiger charge is 2.29. The first-order chi connectivity index (χ1) is 17.2. The summed E-state index contributed by atoms with van der Waals surface area (Å²) in [5.74, 6) is -2.70. The monoisotopic (exact) mass is 497 g/mol. The summed E-state index contributed by atoms with van der Waals surface area (Å²) in [4.78, 5) is 30.3. The van der Waals surface area contributed by atoms with Crippen molar-refractivity contribution >= 4 is 17.6 Å². The van der Waals surface area contributed by atoms with Gasteiger partial charge < -0.3 is 24.1 Å². The van der Waals surface area contributed by atoms with Crippen LogP contribution in [-0.4, -0.2) is 65.2 Å². The number of aryl methyl sites for hydroxylation is 1. The number of ether oxygens (including phenoxy) is 2. The van der Waals surface area contributed by atoms with Crippen LogP contribution in [0.3, 0.4) is 0 Å². The molecule has 1 aromatic carbocycles. The molecule has 9 nitrogen and oxygen atoms in total. The van der Waals surface area contributed by atoms with E-state index in [1.165, 1.54) is 18.9 Å². The lowest BCUT2D eigenvalue weighted by molar-refractivity contribution is -0.0241. The summed E-state index contributed by atoms with van der Waals surface area (Å²) in [7, 11) is 1.30. The number of morpholine rings is 1. The van der Waals surface area contributed by atoms with Gasteiger partial charge in [-0.2, -0.15) is 5.26 Å². The van der Waals surface area contributed by atoms with Crippen LogP contribution < -0.4 is 5.32 Å². The molecule has 3 heterocycles. The maximum Gasteiger partial charge on any atom is 0.409 e. The molecule has 11 heteroatoms. The normalized spacial score (nSPS) is 16.4. The first-order valence-electron chi connectivity index (χ1n) is 11.3. The molecule has 2 amide bonds. The minimum atomic E-state index is -0.966. The van der Waals surface area contributed by atoms with Gasteiger partial charge in [0.15, 0.2) is 0 Å². The summed E-state index contributed by atoms with van der Waals surface area (Å²) >= 11 is 0. The van der Waals surface area contributed by atoms with Crippen molar-refractivity contribution < 1.29 is 27.8 Å². The van der Waals surface area contributed by atoms with Crippen molar-refractivity contribution in [1.29, 1.82) is 5.26 Å². The van der Waals surface area contributed by atoms with Crippen LogP contribution >= 0.6 is 0 Å². The topological polar surface area (TPSA) is 109 Å². The van der Waals surface area contributed by atoms with Crippen LogP contribution in [0.15, 0.2) is 30.5 Å². The largest absolute Gasteiger partial charge is 0.453 e. The quantitative estimate of drug-likeness (QED) is 0.580. The van der Waals surface area contributed by atoms with Gasteiger partial charge in [-0.25, -0.2) is 18.6 Å². The predicted molar refractivity (Wildman–Crippen MR) is 125 cm³/mol. The van der Waals surface area contributed by atoms with Gasteiger partial charge in [0.1, 0.15) is 23.3 Å². The standard InChI is InChI=1S/C25H25F2N5O4/c1-14-4-5-32-20(11-17-13-31(6-7-36-17)25(34)35-3)23(30-21(32)8-14)22-18(26)9-16(10-19(22)27)24(33)29-15(2)12-28/h4-5,8-10,15,17H,6-7,11,13H2,1-3H3,(H,29,33)/t15?,17-/m0/s1. The smallest absolute Gasteiger partial charge is 0.409 e. The SMILES string of the molecule is COC(=O)N1CCO[C@@H](Cc2c(-c3c(F)cc(C(=O)NC(C)C#N)cc3F)nc3cc(C)ccn23)C1. The highest BCUT2D eigenvalue weighted by atomic mass is 19.1. The molecule has 36 heavy (non-hydrogen) atoms.